The molecule has 0 aliphatic heterocycles. The SMILES string of the molecule is O=C(Nc1ccc(Sc2ccccc2[N+](=O)[O-])cc1[N+](=O)[O-])c1ccccc1. The number of carbonyl (C=O) groups excluding carboxylic acids is 1. The van der Waals surface area contributed by atoms with Crippen LogP contribution in [0, 0.1) is 20.2 Å². The highest BCUT2D eigenvalue weighted by Crippen LogP contribution is 2.38. The Labute approximate surface area is 163 Å². The topological polar surface area (TPSA) is 115 Å². The fourth-order valence-electron chi connectivity index (χ4n) is 2.44. The number of benzene rings is 3. The second-order valence-electron chi connectivity index (χ2n) is 5.58. The van der Waals surface area contributed by atoms with Crippen LogP contribution in [0.25, 0.3) is 0 Å². The molecule has 140 valence electrons. The average molecular weight is 395 g/mol. The first kappa shape index (κ1) is 19.1. The normalized spacial score (nSPS) is 10.3. The second-order valence-corrected chi connectivity index (χ2v) is 6.70. The predicted molar refractivity (Wildman–Crippen MR) is 105 cm³/mol. The van der Waals surface area contributed by atoms with Gasteiger partial charge in [-0.15, -0.1) is 0 Å². The summed E-state index contributed by atoms with van der Waals surface area (Å²) in [5.74, 6) is -0.470. The summed E-state index contributed by atoms with van der Waals surface area (Å²) in [6, 6.07) is 18.7. The van der Waals surface area contributed by atoms with E-state index in [9.17, 15) is 25.0 Å². The Morgan fingerprint density at radius 1 is 0.821 bits per heavy atom. The molecule has 0 heterocycles. The van der Waals surface area contributed by atoms with Crippen LogP contribution < -0.4 is 5.32 Å². The maximum Gasteiger partial charge on any atom is 0.293 e. The van der Waals surface area contributed by atoms with Crippen molar-refractivity contribution in [1.82, 2.24) is 0 Å². The van der Waals surface area contributed by atoms with E-state index in [4.69, 9.17) is 0 Å². The largest absolute Gasteiger partial charge is 0.316 e. The molecule has 8 nitrogen and oxygen atoms in total. The number of nitrogens with zero attached hydrogens (tertiary/aromatic N) is 2. The first-order valence-corrected chi connectivity index (χ1v) is 8.83. The molecule has 0 bridgehead atoms. The molecule has 0 spiro atoms. The molecule has 0 saturated carbocycles. The van der Waals surface area contributed by atoms with E-state index in [0.717, 1.165) is 11.8 Å². The van der Waals surface area contributed by atoms with Crippen LogP contribution in [0.4, 0.5) is 17.1 Å². The molecule has 0 saturated heterocycles. The smallest absolute Gasteiger partial charge is 0.293 e. The Hall–Kier alpha value is -3.72. The first-order chi connectivity index (χ1) is 13.5. The van der Waals surface area contributed by atoms with Crippen molar-refractivity contribution in [3.63, 3.8) is 0 Å². The number of carbonyl (C=O) groups is 1. The number of anilines is 1. The van der Waals surface area contributed by atoms with Gasteiger partial charge >= 0.3 is 0 Å². The molecule has 28 heavy (non-hydrogen) atoms. The minimum absolute atomic E-state index is 0.0470. The number of hydrogen-bond donors (Lipinski definition) is 1. The minimum atomic E-state index is -0.607. The molecule has 1 amide bonds. The van der Waals surface area contributed by atoms with Gasteiger partial charge < -0.3 is 5.32 Å². The quantitative estimate of drug-likeness (QED) is 0.468. The lowest BCUT2D eigenvalue weighted by Gasteiger charge is -2.08. The van der Waals surface area contributed by atoms with Crippen molar-refractivity contribution in [3.05, 3.63) is 98.6 Å². The summed E-state index contributed by atoms with van der Waals surface area (Å²) in [7, 11) is 0. The van der Waals surface area contributed by atoms with Crippen molar-refractivity contribution in [2.75, 3.05) is 5.32 Å². The molecule has 0 fully saturated rings. The highest BCUT2D eigenvalue weighted by atomic mass is 32.2. The van der Waals surface area contributed by atoms with Crippen LogP contribution in [-0.2, 0) is 0 Å². The van der Waals surface area contributed by atoms with Gasteiger partial charge in [-0.05, 0) is 30.3 Å². The number of para-hydroxylation sites is 1. The predicted octanol–water partition coefficient (Wildman–Crippen LogP) is 4.91. The summed E-state index contributed by atoms with van der Waals surface area (Å²) in [4.78, 5) is 34.6. The average Bonchev–Trinajstić information content (AvgIpc) is 2.70. The van der Waals surface area contributed by atoms with E-state index < -0.39 is 15.8 Å². The van der Waals surface area contributed by atoms with Gasteiger partial charge in [0.25, 0.3) is 17.3 Å². The fraction of sp³-hybridized carbons (Fsp3) is 0. The lowest BCUT2D eigenvalue weighted by atomic mass is 10.2. The van der Waals surface area contributed by atoms with Gasteiger partial charge in [0.2, 0.25) is 0 Å². The molecule has 0 aliphatic carbocycles. The molecule has 0 aromatic heterocycles. The number of hydrogen-bond acceptors (Lipinski definition) is 6. The summed E-state index contributed by atoms with van der Waals surface area (Å²) in [5, 5.41) is 25.1. The zero-order chi connectivity index (χ0) is 20.1. The van der Waals surface area contributed by atoms with Gasteiger partial charge in [-0.1, -0.05) is 42.1 Å². The van der Waals surface area contributed by atoms with Crippen LogP contribution in [0.3, 0.4) is 0 Å². The highest BCUT2D eigenvalue weighted by Gasteiger charge is 2.20. The summed E-state index contributed by atoms with van der Waals surface area (Å²) in [5.41, 5.74) is 0.0328. The van der Waals surface area contributed by atoms with Gasteiger partial charge in [0.1, 0.15) is 5.69 Å². The monoisotopic (exact) mass is 395 g/mol. The van der Waals surface area contributed by atoms with E-state index in [1.54, 1.807) is 54.6 Å². The van der Waals surface area contributed by atoms with E-state index in [-0.39, 0.29) is 17.1 Å². The second kappa shape index (κ2) is 8.31. The van der Waals surface area contributed by atoms with Crippen LogP contribution in [-0.4, -0.2) is 15.8 Å². The van der Waals surface area contributed by atoms with Gasteiger partial charge in [0.05, 0.1) is 14.7 Å². The molecule has 3 aromatic rings. The zero-order valence-corrected chi connectivity index (χ0v) is 15.1. The highest BCUT2D eigenvalue weighted by molar-refractivity contribution is 7.99. The first-order valence-electron chi connectivity index (χ1n) is 8.02. The minimum Gasteiger partial charge on any atom is -0.316 e. The van der Waals surface area contributed by atoms with Gasteiger partial charge in [0, 0.05) is 22.6 Å². The Morgan fingerprint density at radius 2 is 1.46 bits per heavy atom. The number of nitro groups is 2. The maximum atomic E-state index is 12.3. The van der Waals surface area contributed by atoms with Crippen LogP contribution >= 0.6 is 11.8 Å². The molecule has 0 aliphatic rings. The van der Waals surface area contributed by atoms with E-state index in [2.05, 4.69) is 5.32 Å². The van der Waals surface area contributed by atoms with Crippen LogP contribution in [0.15, 0.2) is 82.6 Å². The van der Waals surface area contributed by atoms with E-state index >= 15 is 0 Å². The molecule has 0 radical (unpaired) electrons. The molecular weight excluding hydrogens is 382 g/mol. The van der Waals surface area contributed by atoms with Gasteiger partial charge in [-0.25, -0.2) is 0 Å². The van der Waals surface area contributed by atoms with Gasteiger partial charge in [0.15, 0.2) is 0 Å². The van der Waals surface area contributed by atoms with Crippen LogP contribution in [0.1, 0.15) is 10.4 Å². The molecule has 0 atom stereocenters. The lowest BCUT2D eigenvalue weighted by molar-refractivity contribution is -0.387. The Bertz CT molecular complexity index is 1060. The third kappa shape index (κ3) is 4.33. The van der Waals surface area contributed by atoms with Gasteiger partial charge in [-0.3, -0.25) is 25.0 Å². The summed E-state index contributed by atoms with van der Waals surface area (Å²) >= 11 is 1.04. The summed E-state index contributed by atoms with van der Waals surface area (Å²) in [6.07, 6.45) is 0. The van der Waals surface area contributed by atoms with Crippen LogP contribution in [0.2, 0.25) is 0 Å². The van der Waals surface area contributed by atoms with E-state index in [1.165, 1.54) is 18.2 Å². The van der Waals surface area contributed by atoms with Gasteiger partial charge in [-0.2, -0.15) is 0 Å². The van der Waals surface area contributed by atoms with E-state index in [1.807, 2.05) is 0 Å². The van der Waals surface area contributed by atoms with Crippen molar-refractivity contribution in [2.45, 2.75) is 9.79 Å². The zero-order valence-electron chi connectivity index (χ0n) is 14.3. The molecule has 3 rings (SSSR count). The van der Waals surface area contributed by atoms with E-state index in [0.29, 0.717) is 15.4 Å². The third-order valence-electron chi connectivity index (χ3n) is 3.74. The van der Waals surface area contributed by atoms with Crippen molar-refractivity contribution < 1.29 is 14.6 Å². The number of nitrogens with one attached hydrogen (secondary N) is 1. The third-order valence-corrected chi connectivity index (χ3v) is 4.79. The Morgan fingerprint density at radius 3 is 2.14 bits per heavy atom. The number of nitro benzene ring substituents is 2. The number of rotatable bonds is 6. The maximum absolute atomic E-state index is 12.3. The van der Waals surface area contributed by atoms with Crippen molar-refractivity contribution in [2.24, 2.45) is 0 Å². The molecular formula is C19H13N3O5S. The Kier molecular flexibility index (Phi) is 5.66. The molecule has 9 heteroatoms. The Balaban J connectivity index is 1.89. The van der Waals surface area contributed by atoms with Crippen LogP contribution in [0.5, 0.6) is 0 Å². The number of amides is 1. The van der Waals surface area contributed by atoms with Crippen molar-refractivity contribution >= 4 is 34.7 Å². The lowest BCUT2D eigenvalue weighted by Crippen LogP contribution is -2.12. The summed E-state index contributed by atoms with van der Waals surface area (Å²) in [6.45, 7) is 0. The summed E-state index contributed by atoms with van der Waals surface area (Å²) < 4.78 is 0. The molecule has 0 unspecified atom stereocenters. The van der Waals surface area contributed by atoms with Crippen molar-refractivity contribution in [1.29, 1.82) is 0 Å². The fourth-order valence-corrected chi connectivity index (χ4v) is 3.39. The molecule has 1 N–H and O–H groups in total. The van der Waals surface area contributed by atoms with Crippen molar-refractivity contribution in [3.8, 4) is 0 Å². The molecule has 3 aromatic carbocycles. The standard InChI is InChI=1S/C19H13N3O5S/c23-19(13-6-2-1-3-7-13)20-15-11-10-14(12-17(15)22(26)27)28-18-9-5-4-8-16(18)21(24)25/h1-12H,(H,20,23).